The minimum absolute atomic E-state index is 0.0612. The molecule has 0 unspecified atom stereocenters. The summed E-state index contributed by atoms with van der Waals surface area (Å²) in [5.74, 6) is 0.0498. The van der Waals surface area contributed by atoms with Crippen LogP contribution in [0.2, 0.25) is 0 Å². The molecule has 0 N–H and O–H groups in total. The number of carbonyl (C=O) groups excluding carboxylic acids is 1. The van der Waals surface area contributed by atoms with Crippen LogP contribution in [0.3, 0.4) is 0 Å². The van der Waals surface area contributed by atoms with Crippen LogP contribution in [-0.2, 0) is 10.0 Å². The zero-order valence-corrected chi connectivity index (χ0v) is 14.6. The molecule has 0 aromatic heterocycles. The maximum absolute atomic E-state index is 13.0. The maximum Gasteiger partial charge on any atom is 0.267 e. The van der Waals surface area contributed by atoms with Gasteiger partial charge >= 0.3 is 0 Å². The predicted molar refractivity (Wildman–Crippen MR) is 88.5 cm³/mol. The summed E-state index contributed by atoms with van der Waals surface area (Å²) in [5.41, 5.74) is 0.253. The lowest BCUT2D eigenvalue weighted by Gasteiger charge is -2.37. The van der Waals surface area contributed by atoms with Gasteiger partial charge in [0.2, 0.25) is 10.0 Å². The van der Waals surface area contributed by atoms with Crippen molar-refractivity contribution >= 4 is 15.9 Å². The molecule has 1 aromatic carbocycles. The molecule has 24 heavy (non-hydrogen) atoms. The van der Waals surface area contributed by atoms with Crippen LogP contribution in [0.5, 0.6) is 0 Å². The van der Waals surface area contributed by atoms with E-state index in [4.69, 9.17) is 5.26 Å². The first-order valence-electron chi connectivity index (χ1n) is 8.29. The molecular weight excluding hydrogens is 324 g/mol. The number of rotatable bonds is 1. The van der Waals surface area contributed by atoms with Gasteiger partial charge in [0.25, 0.3) is 5.91 Å². The van der Waals surface area contributed by atoms with Gasteiger partial charge < -0.3 is 0 Å². The molecule has 3 atom stereocenters. The van der Waals surface area contributed by atoms with Crippen LogP contribution in [0.25, 0.3) is 0 Å². The predicted octanol–water partition coefficient (Wildman–Crippen LogP) is 2.54. The number of amides is 1. The van der Waals surface area contributed by atoms with Crippen LogP contribution in [0.1, 0.15) is 49.0 Å². The lowest BCUT2D eigenvalue weighted by Crippen LogP contribution is -2.44. The smallest absolute Gasteiger partial charge is 0.267 e. The fraction of sp³-hybridized carbons (Fsp3) is 0.556. The van der Waals surface area contributed by atoms with E-state index < -0.39 is 15.9 Å². The molecule has 6 heteroatoms. The lowest BCUT2D eigenvalue weighted by molar-refractivity contribution is 0.0701. The summed E-state index contributed by atoms with van der Waals surface area (Å²) in [4.78, 5) is 13.0. The zero-order chi connectivity index (χ0) is 17.3. The molecule has 1 aromatic rings. The molecule has 5 nitrogen and oxygen atoms in total. The van der Waals surface area contributed by atoms with Gasteiger partial charge in [0.05, 0.1) is 23.4 Å². The van der Waals surface area contributed by atoms with Crippen molar-refractivity contribution in [2.24, 2.45) is 16.7 Å². The first-order valence-corrected chi connectivity index (χ1v) is 9.90. The monoisotopic (exact) mass is 344 g/mol. The Balaban J connectivity index is 1.79. The van der Waals surface area contributed by atoms with Crippen molar-refractivity contribution in [3.8, 4) is 6.07 Å². The lowest BCUT2D eigenvalue weighted by atomic mass is 9.69. The third kappa shape index (κ3) is 1.74. The van der Waals surface area contributed by atoms with Crippen LogP contribution < -0.4 is 0 Å². The summed E-state index contributed by atoms with van der Waals surface area (Å²) in [5, 5.41) is 9.02. The Bertz CT molecular complexity index is 884. The van der Waals surface area contributed by atoms with Gasteiger partial charge in [0.15, 0.2) is 0 Å². The number of carbonyl (C=O) groups is 1. The van der Waals surface area contributed by atoms with Gasteiger partial charge in [0.1, 0.15) is 0 Å². The van der Waals surface area contributed by atoms with E-state index in [1.807, 2.05) is 6.07 Å². The SMILES string of the molecule is CC1(C)[C@@H]2CC[C@]13CS(=O)(=O)N(C(=O)c1cccc(C#N)c1)[C@@H]3C2. The quantitative estimate of drug-likeness (QED) is 0.784. The molecule has 1 saturated heterocycles. The average Bonchev–Trinajstić information content (AvgIpc) is 3.01. The normalized spacial score (nSPS) is 34.8. The fourth-order valence-corrected chi connectivity index (χ4v) is 7.94. The van der Waals surface area contributed by atoms with Crippen molar-refractivity contribution in [1.82, 2.24) is 4.31 Å². The molecule has 4 rings (SSSR count). The highest BCUT2D eigenvalue weighted by molar-refractivity contribution is 7.90. The highest BCUT2D eigenvalue weighted by Gasteiger charge is 2.72. The summed E-state index contributed by atoms with van der Waals surface area (Å²) in [6.07, 6.45) is 2.68. The van der Waals surface area contributed by atoms with Crippen molar-refractivity contribution in [2.75, 3.05) is 5.75 Å². The second-order valence-corrected chi connectivity index (χ2v) is 9.76. The zero-order valence-electron chi connectivity index (χ0n) is 13.8. The molecule has 2 aliphatic carbocycles. The number of nitriles is 1. The fourth-order valence-electron chi connectivity index (χ4n) is 5.41. The molecule has 2 saturated carbocycles. The Hall–Kier alpha value is -1.87. The highest BCUT2D eigenvalue weighted by Crippen LogP contribution is 2.70. The third-order valence-electron chi connectivity index (χ3n) is 6.85. The Kier molecular flexibility index (Phi) is 3.00. The van der Waals surface area contributed by atoms with Crippen LogP contribution in [0, 0.1) is 28.1 Å². The molecule has 126 valence electrons. The van der Waals surface area contributed by atoms with Gasteiger partial charge in [-0.3, -0.25) is 4.79 Å². The van der Waals surface area contributed by atoms with Crippen molar-refractivity contribution in [1.29, 1.82) is 5.26 Å². The Morgan fingerprint density at radius 2 is 2.12 bits per heavy atom. The van der Waals surface area contributed by atoms with Gasteiger partial charge in [-0.15, -0.1) is 0 Å². The van der Waals surface area contributed by atoms with E-state index in [0.29, 0.717) is 11.5 Å². The van der Waals surface area contributed by atoms with Crippen molar-refractivity contribution in [2.45, 2.75) is 39.2 Å². The Morgan fingerprint density at radius 3 is 2.79 bits per heavy atom. The molecule has 1 aliphatic heterocycles. The molecular formula is C18H20N2O3S. The standard InChI is InChI=1S/C18H20N2O3S/c1-17(2)14-6-7-18(17)11-24(22,23)20(15(18)9-14)16(21)13-5-3-4-12(8-13)10-19/h3-5,8,14-15H,6-7,9,11H2,1-2H3/t14-,15-,18-/m1/s1. The van der Waals surface area contributed by atoms with Gasteiger partial charge in [0, 0.05) is 11.0 Å². The van der Waals surface area contributed by atoms with Crippen molar-refractivity contribution < 1.29 is 13.2 Å². The van der Waals surface area contributed by atoms with Crippen molar-refractivity contribution in [3.05, 3.63) is 35.4 Å². The number of nitrogens with zero attached hydrogens (tertiary/aromatic N) is 2. The molecule has 0 radical (unpaired) electrons. The number of benzene rings is 1. The number of hydrogen-bond acceptors (Lipinski definition) is 4. The molecule has 1 heterocycles. The molecule has 3 fully saturated rings. The second kappa shape index (κ2) is 4.60. The van der Waals surface area contributed by atoms with Gasteiger partial charge in [-0.05, 0) is 48.8 Å². The second-order valence-electron chi connectivity index (χ2n) is 7.91. The summed E-state index contributed by atoms with van der Waals surface area (Å²) in [7, 11) is -3.63. The van der Waals surface area contributed by atoms with Crippen LogP contribution in [-0.4, -0.2) is 30.4 Å². The first-order chi connectivity index (χ1) is 11.2. The van der Waals surface area contributed by atoms with E-state index in [1.165, 1.54) is 6.07 Å². The maximum atomic E-state index is 13.0. The first kappa shape index (κ1) is 15.6. The van der Waals surface area contributed by atoms with Crippen LogP contribution in [0.15, 0.2) is 24.3 Å². The van der Waals surface area contributed by atoms with Crippen molar-refractivity contribution in [3.63, 3.8) is 0 Å². The van der Waals surface area contributed by atoms with Crippen LogP contribution >= 0.6 is 0 Å². The van der Waals surface area contributed by atoms with E-state index >= 15 is 0 Å². The summed E-state index contributed by atoms with van der Waals surface area (Å²) < 4.78 is 26.9. The largest absolute Gasteiger partial charge is 0.268 e. The molecule has 1 amide bonds. The summed E-state index contributed by atoms with van der Waals surface area (Å²) in [6.45, 7) is 4.31. The Labute approximate surface area is 142 Å². The van der Waals surface area contributed by atoms with E-state index in [0.717, 1.165) is 23.6 Å². The van der Waals surface area contributed by atoms with E-state index in [1.54, 1.807) is 18.2 Å². The number of sulfonamides is 1. The van der Waals surface area contributed by atoms with Gasteiger partial charge in [-0.1, -0.05) is 19.9 Å². The molecule has 2 bridgehead atoms. The van der Waals surface area contributed by atoms with E-state index in [2.05, 4.69) is 13.8 Å². The summed E-state index contributed by atoms with van der Waals surface area (Å²) in [6, 6.07) is 8.04. The minimum atomic E-state index is -3.63. The van der Waals surface area contributed by atoms with E-state index in [9.17, 15) is 13.2 Å². The van der Waals surface area contributed by atoms with E-state index in [-0.39, 0.29) is 28.2 Å². The minimum Gasteiger partial charge on any atom is -0.268 e. The highest BCUT2D eigenvalue weighted by atomic mass is 32.2. The average molecular weight is 344 g/mol. The Morgan fingerprint density at radius 1 is 1.38 bits per heavy atom. The van der Waals surface area contributed by atoms with Crippen LogP contribution in [0.4, 0.5) is 0 Å². The number of fused-ring (bicyclic) bond motifs is 1. The molecule has 1 spiro atoms. The van der Waals surface area contributed by atoms with Gasteiger partial charge in [-0.25, -0.2) is 12.7 Å². The summed E-state index contributed by atoms with van der Waals surface area (Å²) >= 11 is 0. The molecule has 3 aliphatic rings. The number of hydrogen-bond donors (Lipinski definition) is 0. The van der Waals surface area contributed by atoms with Gasteiger partial charge in [-0.2, -0.15) is 5.26 Å². The topological polar surface area (TPSA) is 78.2 Å². The third-order valence-corrected chi connectivity index (χ3v) is 8.75.